The maximum Gasteiger partial charge on any atom is 0.257 e. The Balaban J connectivity index is 1.49. The molecule has 0 radical (unpaired) electrons. The van der Waals surface area contributed by atoms with Crippen molar-refractivity contribution in [3.8, 4) is 5.75 Å². The van der Waals surface area contributed by atoms with Crippen LogP contribution >= 0.6 is 11.6 Å². The predicted molar refractivity (Wildman–Crippen MR) is 132 cm³/mol. The first-order chi connectivity index (χ1) is 16.4. The highest BCUT2D eigenvalue weighted by molar-refractivity contribution is 7.89. The van der Waals surface area contributed by atoms with E-state index in [4.69, 9.17) is 20.8 Å². The van der Waals surface area contributed by atoms with Crippen LogP contribution in [0, 0.1) is 0 Å². The molecule has 3 aromatic carbocycles. The number of carbonyl (C=O) groups is 1. The fraction of sp³-hybridized carbons (Fsp3) is 0.240. The first-order valence-electron chi connectivity index (χ1n) is 11.0. The third-order valence-corrected chi connectivity index (χ3v) is 8.31. The molecule has 1 aliphatic heterocycles. The van der Waals surface area contributed by atoms with Gasteiger partial charge in [-0.05, 0) is 43.2 Å². The molecule has 1 amide bonds. The van der Waals surface area contributed by atoms with E-state index in [1.165, 1.54) is 29.6 Å². The molecule has 1 aliphatic rings. The monoisotopic (exact) mass is 498 g/mol. The van der Waals surface area contributed by atoms with Crippen LogP contribution in [0.4, 0.5) is 5.69 Å². The van der Waals surface area contributed by atoms with Crippen molar-refractivity contribution in [2.75, 3.05) is 25.5 Å². The number of nitrogens with one attached hydrogen (secondary N) is 1. The van der Waals surface area contributed by atoms with Crippen LogP contribution in [-0.4, -0.2) is 38.8 Å². The Morgan fingerprint density at radius 1 is 1.00 bits per heavy atom. The van der Waals surface area contributed by atoms with Crippen LogP contribution < -0.4 is 10.1 Å². The molecule has 5 rings (SSSR count). The van der Waals surface area contributed by atoms with Crippen molar-refractivity contribution in [2.45, 2.75) is 24.2 Å². The summed E-state index contributed by atoms with van der Waals surface area (Å²) in [5.41, 5.74) is 1.76. The molecule has 1 fully saturated rings. The van der Waals surface area contributed by atoms with E-state index in [-0.39, 0.29) is 15.5 Å². The number of amides is 1. The lowest BCUT2D eigenvalue weighted by molar-refractivity contribution is 0.102. The Hall–Kier alpha value is -3.07. The van der Waals surface area contributed by atoms with Crippen LogP contribution in [0.15, 0.2) is 63.9 Å². The van der Waals surface area contributed by atoms with Crippen molar-refractivity contribution in [2.24, 2.45) is 0 Å². The van der Waals surface area contributed by atoms with Gasteiger partial charge in [-0.25, -0.2) is 8.42 Å². The molecule has 0 spiro atoms. The van der Waals surface area contributed by atoms with Crippen molar-refractivity contribution < 1.29 is 22.4 Å². The minimum absolute atomic E-state index is 0.0450. The first kappa shape index (κ1) is 22.7. The second-order valence-electron chi connectivity index (χ2n) is 8.21. The van der Waals surface area contributed by atoms with Crippen molar-refractivity contribution in [3.05, 3.63) is 65.2 Å². The molecule has 2 heterocycles. The summed E-state index contributed by atoms with van der Waals surface area (Å²) in [7, 11) is -2.20. The van der Waals surface area contributed by atoms with Gasteiger partial charge in [-0.2, -0.15) is 4.31 Å². The highest BCUT2D eigenvalue weighted by Crippen LogP contribution is 2.37. The third kappa shape index (κ3) is 4.02. The summed E-state index contributed by atoms with van der Waals surface area (Å²) >= 11 is 6.30. The molecule has 0 bridgehead atoms. The number of para-hydroxylation sites is 1. The van der Waals surface area contributed by atoms with Gasteiger partial charge in [0.15, 0.2) is 0 Å². The van der Waals surface area contributed by atoms with Crippen molar-refractivity contribution in [3.63, 3.8) is 0 Å². The number of fused-ring (bicyclic) bond motifs is 3. The maximum absolute atomic E-state index is 13.2. The van der Waals surface area contributed by atoms with Crippen LogP contribution in [0.5, 0.6) is 5.75 Å². The lowest BCUT2D eigenvalue weighted by Gasteiger charge is -2.26. The summed E-state index contributed by atoms with van der Waals surface area (Å²) in [5.74, 6) is -0.102. The number of carbonyl (C=O) groups excluding carboxylic acids is 1. The number of benzene rings is 3. The summed E-state index contributed by atoms with van der Waals surface area (Å²) in [6.45, 7) is 0.947. The van der Waals surface area contributed by atoms with Crippen LogP contribution in [-0.2, 0) is 10.0 Å². The second-order valence-corrected chi connectivity index (χ2v) is 10.6. The number of anilines is 1. The van der Waals surface area contributed by atoms with Gasteiger partial charge < -0.3 is 14.5 Å². The summed E-state index contributed by atoms with van der Waals surface area (Å²) in [5, 5.41) is 4.74. The number of rotatable bonds is 5. The molecule has 1 aromatic heterocycles. The Morgan fingerprint density at radius 2 is 1.76 bits per heavy atom. The maximum atomic E-state index is 13.2. The molecular formula is C25H23ClN2O5S. The molecule has 0 aliphatic carbocycles. The number of sulfonamides is 1. The van der Waals surface area contributed by atoms with Crippen LogP contribution in [0.1, 0.15) is 29.6 Å². The van der Waals surface area contributed by atoms with E-state index in [1.807, 2.05) is 24.3 Å². The van der Waals surface area contributed by atoms with E-state index in [2.05, 4.69) is 5.32 Å². The number of furan rings is 1. The number of halogens is 1. The lowest BCUT2D eigenvalue weighted by atomic mass is 10.1. The Labute approximate surface area is 202 Å². The SMILES string of the molecule is COc1cc2c(cc1NC(=O)c1cc(S(=O)(=O)N3CCCCC3)ccc1Cl)oc1ccccc12. The Kier molecular flexibility index (Phi) is 5.97. The highest BCUT2D eigenvalue weighted by atomic mass is 35.5. The zero-order chi connectivity index (χ0) is 23.9. The average Bonchev–Trinajstić information content (AvgIpc) is 3.21. The van der Waals surface area contributed by atoms with Gasteiger partial charge >= 0.3 is 0 Å². The summed E-state index contributed by atoms with van der Waals surface area (Å²) < 4.78 is 39.0. The number of ether oxygens (including phenoxy) is 1. The topological polar surface area (TPSA) is 88.8 Å². The fourth-order valence-corrected chi connectivity index (χ4v) is 6.05. The van der Waals surface area contributed by atoms with Gasteiger partial charge in [-0.1, -0.05) is 36.2 Å². The van der Waals surface area contributed by atoms with Gasteiger partial charge in [0.25, 0.3) is 5.91 Å². The quantitative estimate of drug-likeness (QED) is 0.382. The van der Waals surface area contributed by atoms with E-state index in [0.29, 0.717) is 30.1 Å². The van der Waals surface area contributed by atoms with Crippen LogP contribution in [0.2, 0.25) is 5.02 Å². The van der Waals surface area contributed by atoms with Gasteiger partial charge in [0.2, 0.25) is 10.0 Å². The third-order valence-electron chi connectivity index (χ3n) is 6.08. The molecule has 0 atom stereocenters. The van der Waals surface area contributed by atoms with Crippen molar-refractivity contribution in [1.29, 1.82) is 0 Å². The number of piperidine rings is 1. The number of hydrogen-bond donors (Lipinski definition) is 1. The van der Waals surface area contributed by atoms with E-state index in [0.717, 1.165) is 35.6 Å². The number of nitrogens with zero attached hydrogens (tertiary/aromatic N) is 1. The van der Waals surface area contributed by atoms with E-state index >= 15 is 0 Å². The van der Waals surface area contributed by atoms with E-state index in [9.17, 15) is 13.2 Å². The molecule has 4 aromatic rings. The summed E-state index contributed by atoms with van der Waals surface area (Å²) in [6, 6.07) is 15.3. The molecule has 1 N–H and O–H groups in total. The zero-order valence-corrected chi connectivity index (χ0v) is 20.1. The normalized spacial score (nSPS) is 15.0. The molecule has 7 nitrogen and oxygen atoms in total. The highest BCUT2D eigenvalue weighted by Gasteiger charge is 2.27. The van der Waals surface area contributed by atoms with Crippen molar-refractivity contribution in [1.82, 2.24) is 4.31 Å². The van der Waals surface area contributed by atoms with Gasteiger partial charge in [0.05, 0.1) is 28.3 Å². The molecule has 176 valence electrons. The summed E-state index contributed by atoms with van der Waals surface area (Å²) in [6.07, 6.45) is 2.66. The van der Waals surface area contributed by atoms with Crippen LogP contribution in [0.3, 0.4) is 0 Å². The van der Waals surface area contributed by atoms with E-state index in [1.54, 1.807) is 12.1 Å². The number of hydrogen-bond acceptors (Lipinski definition) is 5. The van der Waals surface area contributed by atoms with Gasteiger partial charge in [-0.3, -0.25) is 4.79 Å². The molecule has 0 saturated carbocycles. The lowest BCUT2D eigenvalue weighted by Crippen LogP contribution is -2.35. The van der Waals surface area contributed by atoms with Gasteiger partial charge in [-0.15, -0.1) is 0 Å². The molecule has 0 unspecified atom stereocenters. The largest absolute Gasteiger partial charge is 0.495 e. The first-order valence-corrected chi connectivity index (χ1v) is 12.8. The standard InChI is InChI=1S/C25H23ClN2O5S/c1-32-24-14-18-17-7-3-4-8-22(17)33-23(18)15-21(24)27-25(29)19-13-16(9-10-20(19)26)34(30,31)28-11-5-2-6-12-28/h3-4,7-10,13-15H,2,5-6,11-12H2,1H3,(H,27,29). The second kappa shape index (κ2) is 8.94. The average molecular weight is 499 g/mol. The summed E-state index contributed by atoms with van der Waals surface area (Å²) in [4.78, 5) is 13.2. The number of methoxy groups -OCH3 is 1. The molecule has 9 heteroatoms. The predicted octanol–water partition coefficient (Wildman–Crippen LogP) is 5.67. The molecular weight excluding hydrogens is 476 g/mol. The van der Waals surface area contributed by atoms with Crippen molar-refractivity contribution >= 4 is 55.2 Å². The molecule has 1 saturated heterocycles. The van der Waals surface area contributed by atoms with Gasteiger partial charge in [0, 0.05) is 29.9 Å². The van der Waals surface area contributed by atoms with E-state index < -0.39 is 15.9 Å². The Morgan fingerprint density at radius 3 is 2.53 bits per heavy atom. The minimum atomic E-state index is -3.71. The smallest absolute Gasteiger partial charge is 0.257 e. The fourth-order valence-electron chi connectivity index (χ4n) is 4.30. The zero-order valence-electron chi connectivity index (χ0n) is 18.5. The Bertz CT molecular complexity index is 1510. The van der Waals surface area contributed by atoms with Gasteiger partial charge in [0.1, 0.15) is 16.9 Å². The minimum Gasteiger partial charge on any atom is -0.495 e. The molecule has 34 heavy (non-hydrogen) atoms. The van der Waals surface area contributed by atoms with Crippen LogP contribution in [0.25, 0.3) is 21.9 Å².